The Hall–Kier alpha value is -2.09. The molecule has 0 radical (unpaired) electrons. The average molecular weight is 178 g/mol. The molecular formula is C5H6N8. The van der Waals surface area contributed by atoms with Crippen LogP contribution in [0.4, 0.5) is 5.95 Å². The van der Waals surface area contributed by atoms with E-state index in [0.29, 0.717) is 11.5 Å². The lowest BCUT2D eigenvalue weighted by Gasteiger charge is -1.94. The van der Waals surface area contributed by atoms with E-state index in [-0.39, 0.29) is 5.95 Å². The molecule has 2 aromatic heterocycles. The molecule has 0 unspecified atom stereocenters. The first-order valence-corrected chi connectivity index (χ1v) is 3.44. The van der Waals surface area contributed by atoms with Crippen molar-refractivity contribution >= 4 is 5.95 Å². The van der Waals surface area contributed by atoms with Gasteiger partial charge in [-0.3, -0.25) is 10.5 Å². The molecule has 0 spiro atoms. The number of rotatable bonds is 2. The number of nitrogens with two attached hydrogens (primary N) is 1. The third-order valence-corrected chi connectivity index (χ3v) is 1.34. The van der Waals surface area contributed by atoms with Crippen LogP contribution >= 0.6 is 0 Å². The van der Waals surface area contributed by atoms with Gasteiger partial charge in [0.2, 0.25) is 5.82 Å². The third kappa shape index (κ3) is 1.42. The molecule has 0 aliphatic rings. The normalized spacial score (nSPS) is 9.92. The summed E-state index contributed by atoms with van der Waals surface area (Å²) in [6.45, 7) is 0. The predicted octanol–water partition coefficient (Wildman–Crippen LogP) is -1.06. The van der Waals surface area contributed by atoms with Crippen LogP contribution in [-0.2, 0) is 0 Å². The molecule has 8 heteroatoms. The number of H-pyrrole nitrogens is 1. The first-order chi connectivity index (χ1) is 6.40. The average Bonchev–Trinajstić information content (AvgIpc) is 2.71. The number of aromatic amines is 1. The van der Waals surface area contributed by atoms with Crippen LogP contribution < -0.4 is 11.3 Å². The Labute approximate surface area is 72.6 Å². The number of nitrogen functional groups attached to an aromatic ring is 1. The molecule has 0 saturated carbocycles. The van der Waals surface area contributed by atoms with Gasteiger partial charge in [0.15, 0.2) is 0 Å². The van der Waals surface area contributed by atoms with Gasteiger partial charge >= 0.3 is 0 Å². The van der Waals surface area contributed by atoms with Crippen LogP contribution in [0.25, 0.3) is 11.5 Å². The lowest BCUT2D eigenvalue weighted by molar-refractivity contribution is 0.858. The van der Waals surface area contributed by atoms with Crippen LogP contribution in [0.1, 0.15) is 0 Å². The molecule has 0 aromatic carbocycles. The highest BCUT2D eigenvalue weighted by atomic mass is 15.4. The van der Waals surface area contributed by atoms with Gasteiger partial charge in [-0.1, -0.05) is 0 Å². The van der Waals surface area contributed by atoms with E-state index in [1.807, 2.05) is 0 Å². The maximum atomic E-state index is 5.04. The quantitative estimate of drug-likeness (QED) is 0.396. The van der Waals surface area contributed by atoms with Gasteiger partial charge in [-0.2, -0.15) is 5.10 Å². The SMILES string of the molecule is NNc1nnc(-c2cc[nH]n2)nn1. The molecule has 2 aromatic rings. The van der Waals surface area contributed by atoms with E-state index >= 15 is 0 Å². The molecule has 0 atom stereocenters. The van der Waals surface area contributed by atoms with Crippen molar-refractivity contribution in [3.8, 4) is 11.5 Å². The summed E-state index contributed by atoms with van der Waals surface area (Å²) < 4.78 is 0. The highest BCUT2D eigenvalue weighted by Gasteiger charge is 2.04. The molecule has 0 saturated heterocycles. The molecular weight excluding hydrogens is 172 g/mol. The fraction of sp³-hybridized carbons (Fsp3) is 0. The summed E-state index contributed by atoms with van der Waals surface area (Å²) >= 11 is 0. The number of hydrogen-bond acceptors (Lipinski definition) is 7. The van der Waals surface area contributed by atoms with Crippen molar-refractivity contribution in [3.63, 3.8) is 0 Å². The van der Waals surface area contributed by atoms with Crippen molar-refractivity contribution in [2.75, 3.05) is 5.43 Å². The fourth-order valence-corrected chi connectivity index (χ4v) is 0.774. The Morgan fingerprint density at radius 1 is 1.23 bits per heavy atom. The summed E-state index contributed by atoms with van der Waals surface area (Å²) in [6.07, 6.45) is 1.66. The van der Waals surface area contributed by atoms with Gasteiger partial charge < -0.3 is 0 Å². The Kier molecular flexibility index (Phi) is 1.81. The van der Waals surface area contributed by atoms with Crippen molar-refractivity contribution in [3.05, 3.63) is 12.3 Å². The molecule has 0 bridgehead atoms. The van der Waals surface area contributed by atoms with E-state index in [1.54, 1.807) is 12.3 Å². The third-order valence-electron chi connectivity index (χ3n) is 1.34. The van der Waals surface area contributed by atoms with Crippen molar-refractivity contribution in [1.82, 2.24) is 30.6 Å². The van der Waals surface area contributed by atoms with Crippen LogP contribution in [-0.4, -0.2) is 30.6 Å². The van der Waals surface area contributed by atoms with Gasteiger partial charge in [-0.15, -0.1) is 20.4 Å². The zero-order chi connectivity index (χ0) is 9.10. The first kappa shape index (κ1) is 7.55. The van der Waals surface area contributed by atoms with Crippen molar-refractivity contribution < 1.29 is 0 Å². The van der Waals surface area contributed by atoms with E-state index < -0.39 is 0 Å². The van der Waals surface area contributed by atoms with Crippen LogP contribution in [0.3, 0.4) is 0 Å². The van der Waals surface area contributed by atoms with Crippen molar-refractivity contribution in [1.29, 1.82) is 0 Å². The minimum Gasteiger partial charge on any atom is -0.290 e. The van der Waals surface area contributed by atoms with Gasteiger partial charge in [0, 0.05) is 6.20 Å². The lowest BCUT2D eigenvalue weighted by Crippen LogP contribution is -2.12. The summed E-state index contributed by atoms with van der Waals surface area (Å²) in [4.78, 5) is 0. The van der Waals surface area contributed by atoms with Crippen molar-refractivity contribution in [2.45, 2.75) is 0 Å². The fourth-order valence-electron chi connectivity index (χ4n) is 0.774. The van der Waals surface area contributed by atoms with Crippen LogP contribution in [0.2, 0.25) is 0 Å². The lowest BCUT2D eigenvalue weighted by atomic mass is 10.4. The topological polar surface area (TPSA) is 118 Å². The summed E-state index contributed by atoms with van der Waals surface area (Å²) in [7, 11) is 0. The summed E-state index contributed by atoms with van der Waals surface area (Å²) in [6, 6.07) is 1.72. The van der Waals surface area contributed by atoms with E-state index in [1.165, 1.54) is 0 Å². The largest absolute Gasteiger partial charge is 0.290 e. The number of nitrogens with one attached hydrogen (secondary N) is 2. The Morgan fingerprint density at radius 2 is 2.00 bits per heavy atom. The highest BCUT2D eigenvalue weighted by Crippen LogP contribution is 2.06. The molecule has 66 valence electrons. The minimum atomic E-state index is 0.166. The van der Waals surface area contributed by atoms with Gasteiger partial charge in [0.25, 0.3) is 5.95 Å². The van der Waals surface area contributed by atoms with Crippen molar-refractivity contribution in [2.24, 2.45) is 5.84 Å². The molecule has 0 fully saturated rings. The van der Waals surface area contributed by atoms with Gasteiger partial charge in [-0.05, 0) is 6.07 Å². The predicted molar refractivity (Wildman–Crippen MR) is 43.0 cm³/mol. The Balaban J connectivity index is 2.33. The zero-order valence-electron chi connectivity index (χ0n) is 6.47. The summed E-state index contributed by atoms with van der Waals surface area (Å²) in [5, 5.41) is 21.3. The Morgan fingerprint density at radius 3 is 2.54 bits per heavy atom. The number of aromatic nitrogens is 6. The van der Waals surface area contributed by atoms with Crippen LogP contribution in [0.5, 0.6) is 0 Å². The monoisotopic (exact) mass is 178 g/mol. The number of hydrogen-bond donors (Lipinski definition) is 3. The number of anilines is 1. The minimum absolute atomic E-state index is 0.166. The molecule has 0 amide bonds. The van der Waals surface area contributed by atoms with Crippen LogP contribution in [0, 0.1) is 0 Å². The number of hydrazine groups is 1. The molecule has 0 aliphatic carbocycles. The van der Waals surface area contributed by atoms with Gasteiger partial charge in [0.1, 0.15) is 5.69 Å². The number of nitrogens with zero attached hydrogens (tertiary/aromatic N) is 5. The molecule has 0 aliphatic heterocycles. The maximum Gasteiger partial charge on any atom is 0.276 e. The van der Waals surface area contributed by atoms with Crippen LogP contribution in [0.15, 0.2) is 12.3 Å². The Bertz CT molecular complexity index is 364. The van der Waals surface area contributed by atoms with E-state index in [0.717, 1.165) is 0 Å². The molecule has 2 rings (SSSR count). The molecule has 4 N–H and O–H groups in total. The second-order valence-electron chi connectivity index (χ2n) is 2.15. The second-order valence-corrected chi connectivity index (χ2v) is 2.15. The standard InChI is InChI=1S/C5H6N8/c6-8-5-12-10-4(11-13-5)3-1-2-7-9-3/h1-2H,6H2,(H,7,9)(H,8,12,13). The zero-order valence-corrected chi connectivity index (χ0v) is 6.47. The van der Waals surface area contributed by atoms with Gasteiger partial charge in [-0.25, -0.2) is 5.84 Å². The van der Waals surface area contributed by atoms with E-state index in [4.69, 9.17) is 5.84 Å². The van der Waals surface area contributed by atoms with Gasteiger partial charge in [0.05, 0.1) is 0 Å². The molecule has 2 heterocycles. The second kappa shape index (κ2) is 3.11. The summed E-state index contributed by atoms with van der Waals surface area (Å²) in [5.41, 5.74) is 2.81. The maximum absolute atomic E-state index is 5.04. The summed E-state index contributed by atoms with van der Waals surface area (Å²) in [5.74, 6) is 5.56. The molecule has 13 heavy (non-hydrogen) atoms. The first-order valence-electron chi connectivity index (χ1n) is 3.44. The smallest absolute Gasteiger partial charge is 0.276 e. The molecule has 8 nitrogen and oxygen atoms in total. The highest BCUT2D eigenvalue weighted by molar-refractivity contribution is 5.46. The van der Waals surface area contributed by atoms with E-state index in [2.05, 4.69) is 36.0 Å². The van der Waals surface area contributed by atoms with E-state index in [9.17, 15) is 0 Å².